The van der Waals surface area contributed by atoms with Crippen molar-refractivity contribution in [2.75, 3.05) is 0 Å². The Kier molecular flexibility index (Phi) is 4.52. The van der Waals surface area contributed by atoms with Crippen LogP contribution in [0.3, 0.4) is 0 Å². The molecule has 8 heteroatoms. The van der Waals surface area contributed by atoms with Crippen molar-refractivity contribution in [3.8, 4) is 11.5 Å². The Labute approximate surface area is 140 Å². The zero-order chi connectivity index (χ0) is 15.5. The van der Waals surface area contributed by atoms with E-state index in [0.717, 1.165) is 4.73 Å². The van der Waals surface area contributed by atoms with Gasteiger partial charge in [-0.05, 0) is 36.0 Å². The number of nitrogens with zero attached hydrogens (tertiary/aromatic N) is 3. The summed E-state index contributed by atoms with van der Waals surface area (Å²) in [6, 6.07) is 10.2. The van der Waals surface area contributed by atoms with Crippen LogP contribution >= 0.6 is 35.0 Å². The van der Waals surface area contributed by atoms with Crippen molar-refractivity contribution in [2.24, 2.45) is 0 Å². The van der Waals surface area contributed by atoms with Crippen molar-refractivity contribution >= 4 is 35.0 Å². The van der Waals surface area contributed by atoms with Gasteiger partial charge in [-0.15, -0.1) is 10.2 Å². The van der Waals surface area contributed by atoms with Crippen LogP contribution < -0.4 is 4.73 Å². The van der Waals surface area contributed by atoms with E-state index in [9.17, 15) is 5.21 Å². The minimum Gasteiger partial charge on any atom is -0.618 e. The van der Waals surface area contributed by atoms with E-state index in [-0.39, 0.29) is 0 Å². The SMILES string of the molecule is [O-][n+]1ccccc1SCc1nnc(-c2ccc(Cl)cc2Cl)o1. The number of thioether (sulfide) groups is 1. The van der Waals surface area contributed by atoms with E-state index < -0.39 is 0 Å². The van der Waals surface area contributed by atoms with E-state index in [2.05, 4.69) is 10.2 Å². The molecule has 5 nitrogen and oxygen atoms in total. The average molecular weight is 354 g/mol. The molecule has 0 saturated heterocycles. The maximum absolute atomic E-state index is 11.5. The summed E-state index contributed by atoms with van der Waals surface area (Å²) in [5.74, 6) is 1.12. The molecule has 0 radical (unpaired) electrons. The summed E-state index contributed by atoms with van der Waals surface area (Å²) in [4.78, 5) is 0. The van der Waals surface area contributed by atoms with Crippen molar-refractivity contribution in [1.82, 2.24) is 10.2 Å². The second-order valence-electron chi connectivity index (χ2n) is 4.28. The molecule has 0 bridgehead atoms. The minimum absolute atomic E-state index is 0.320. The van der Waals surface area contributed by atoms with Gasteiger partial charge >= 0.3 is 0 Å². The number of aromatic nitrogens is 3. The van der Waals surface area contributed by atoms with Crippen molar-refractivity contribution in [2.45, 2.75) is 10.8 Å². The highest BCUT2D eigenvalue weighted by atomic mass is 35.5. The molecule has 2 heterocycles. The third kappa shape index (κ3) is 3.35. The van der Waals surface area contributed by atoms with Gasteiger partial charge in [-0.3, -0.25) is 0 Å². The summed E-state index contributed by atoms with van der Waals surface area (Å²) in [7, 11) is 0. The number of rotatable bonds is 4. The normalized spacial score (nSPS) is 10.8. The molecule has 0 amide bonds. The molecule has 0 atom stereocenters. The summed E-state index contributed by atoms with van der Waals surface area (Å²) in [5, 5.41) is 21.0. The van der Waals surface area contributed by atoms with Gasteiger partial charge in [0.1, 0.15) is 0 Å². The van der Waals surface area contributed by atoms with Gasteiger partial charge in [-0.1, -0.05) is 23.2 Å². The standard InChI is InChI=1S/C14H9Cl2N3O2S/c15-9-4-5-10(11(16)7-9)14-18-17-12(21-14)8-22-13-3-1-2-6-19(13)20/h1-7H,8H2. The van der Waals surface area contributed by atoms with Crippen molar-refractivity contribution in [1.29, 1.82) is 0 Å². The molecule has 0 saturated carbocycles. The summed E-state index contributed by atoms with van der Waals surface area (Å²) in [5.41, 5.74) is 0.619. The molecule has 0 N–H and O–H groups in total. The summed E-state index contributed by atoms with van der Waals surface area (Å²) in [6.07, 6.45) is 1.44. The monoisotopic (exact) mass is 353 g/mol. The Bertz CT molecular complexity index is 810. The molecule has 1 aromatic carbocycles. The Balaban J connectivity index is 1.75. The van der Waals surface area contributed by atoms with Crippen LogP contribution in [0, 0.1) is 5.21 Å². The molecular formula is C14H9Cl2N3O2S. The maximum atomic E-state index is 11.5. The largest absolute Gasteiger partial charge is 0.618 e. The average Bonchev–Trinajstić information content (AvgIpc) is 2.95. The zero-order valence-electron chi connectivity index (χ0n) is 11.1. The highest BCUT2D eigenvalue weighted by Gasteiger charge is 2.14. The van der Waals surface area contributed by atoms with E-state index in [1.807, 2.05) is 0 Å². The van der Waals surface area contributed by atoms with Gasteiger partial charge in [0.25, 0.3) is 5.03 Å². The van der Waals surface area contributed by atoms with Gasteiger partial charge in [0.15, 0.2) is 6.20 Å². The first-order valence-corrected chi connectivity index (χ1v) is 7.96. The lowest BCUT2D eigenvalue weighted by molar-refractivity contribution is -0.645. The molecule has 0 spiro atoms. The first kappa shape index (κ1) is 15.1. The molecular weight excluding hydrogens is 345 g/mol. The van der Waals surface area contributed by atoms with Gasteiger partial charge < -0.3 is 9.62 Å². The van der Waals surface area contributed by atoms with Crippen LogP contribution in [0.15, 0.2) is 52.0 Å². The fourth-order valence-electron chi connectivity index (χ4n) is 1.74. The molecule has 0 unspecified atom stereocenters. The number of halogens is 2. The molecule has 0 aliphatic heterocycles. The smallest absolute Gasteiger partial charge is 0.251 e. The second-order valence-corrected chi connectivity index (χ2v) is 6.12. The molecule has 0 aliphatic rings. The summed E-state index contributed by atoms with van der Waals surface area (Å²) >= 11 is 13.3. The minimum atomic E-state index is 0.320. The molecule has 2 aromatic heterocycles. The lowest BCUT2D eigenvalue weighted by atomic mass is 10.2. The van der Waals surface area contributed by atoms with Gasteiger partial charge in [-0.2, -0.15) is 4.73 Å². The molecule has 3 aromatic rings. The van der Waals surface area contributed by atoms with Crippen LogP contribution in [0.25, 0.3) is 11.5 Å². The second kappa shape index (κ2) is 6.56. The summed E-state index contributed by atoms with van der Waals surface area (Å²) in [6.45, 7) is 0. The first-order chi connectivity index (χ1) is 10.6. The molecule has 0 aliphatic carbocycles. The van der Waals surface area contributed by atoms with Crippen LogP contribution in [-0.4, -0.2) is 10.2 Å². The predicted molar refractivity (Wildman–Crippen MR) is 84.7 cm³/mol. The summed E-state index contributed by atoms with van der Waals surface area (Å²) < 4.78 is 6.36. The van der Waals surface area contributed by atoms with Crippen LogP contribution in [-0.2, 0) is 5.75 Å². The number of benzene rings is 1. The first-order valence-electron chi connectivity index (χ1n) is 6.22. The predicted octanol–water partition coefficient (Wildman–Crippen LogP) is 3.97. The van der Waals surface area contributed by atoms with Crippen LogP contribution in [0.1, 0.15) is 5.89 Å². The van der Waals surface area contributed by atoms with E-state index in [1.54, 1.807) is 36.4 Å². The Morgan fingerprint density at radius 1 is 1.18 bits per heavy atom. The lowest BCUT2D eigenvalue weighted by Gasteiger charge is -2.01. The third-order valence-electron chi connectivity index (χ3n) is 2.76. The Morgan fingerprint density at radius 3 is 2.82 bits per heavy atom. The fraction of sp³-hybridized carbons (Fsp3) is 0.0714. The van der Waals surface area contributed by atoms with E-state index in [4.69, 9.17) is 27.6 Å². The van der Waals surface area contributed by atoms with E-state index in [1.165, 1.54) is 18.0 Å². The van der Waals surface area contributed by atoms with Gasteiger partial charge in [0, 0.05) is 17.2 Å². The molecule has 0 fully saturated rings. The van der Waals surface area contributed by atoms with Crippen molar-refractivity contribution in [3.63, 3.8) is 0 Å². The van der Waals surface area contributed by atoms with Gasteiger partial charge in [0.05, 0.1) is 16.3 Å². The van der Waals surface area contributed by atoms with Crippen LogP contribution in [0.2, 0.25) is 10.0 Å². The Hall–Kier alpha value is -1.76. The molecule has 112 valence electrons. The van der Waals surface area contributed by atoms with Gasteiger partial charge in [-0.25, -0.2) is 0 Å². The number of hydrogen-bond donors (Lipinski definition) is 0. The lowest BCUT2D eigenvalue weighted by Crippen LogP contribution is -2.27. The maximum Gasteiger partial charge on any atom is 0.251 e. The van der Waals surface area contributed by atoms with Crippen LogP contribution in [0.4, 0.5) is 0 Å². The quantitative estimate of drug-likeness (QED) is 0.403. The molecule has 3 rings (SSSR count). The van der Waals surface area contributed by atoms with Gasteiger partial charge in [0.2, 0.25) is 11.8 Å². The van der Waals surface area contributed by atoms with Crippen LogP contribution in [0.5, 0.6) is 0 Å². The highest BCUT2D eigenvalue weighted by Crippen LogP contribution is 2.30. The van der Waals surface area contributed by atoms with E-state index >= 15 is 0 Å². The third-order valence-corrected chi connectivity index (χ3v) is 4.31. The number of pyridine rings is 1. The topological polar surface area (TPSA) is 65.9 Å². The highest BCUT2D eigenvalue weighted by molar-refractivity contribution is 7.98. The molecule has 22 heavy (non-hydrogen) atoms. The van der Waals surface area contributed by atoms with E-state index in [0.29, 0.717) is 38.2 Å². The zero-order valence-corrected chi connectivity index (χ0v) is 13.4. The van der Waals surface area contributed by atoms with Crippen molar-refractivity contribution in [3.05, 3.63) is 63.7 Å². The fourth-order valence-corrected chi connectivity index (χ4v) is 2.98. The van der Waals surface area contributed by atoms with Crippen molar-refractivity contribution < 1.29 is 9.15 Å². The Morgan fingerprint density at radius 2 is 2.05 bits per heavy atom. The number of hydrogen-bond acceptors (Lipinski definition) is 5.